The molecule has 102 valence electrons. The first kappa shape index (κ1) is 14.5. The molecule has 0 aromatic carbocycles. The topological polar surface area (TPSA) is 72.9 Å². The third-order valence-corrected chi connectivity index (χ3v) is 3.32. The molecule has 18 heavy (non-hydrogen) atoms. The second-order valence-corrected chi connectivity index (χ2v) is 4.54. The average Bonchev–Trinajstić information content (AvgIpc) is 2.69. The molecule has 0 radical (unpaired) electrons. The van der Waals surface area contributed by atoms with Crippen molar-refractivity contribution in [2.45, 2.75) is 38.8 Å². The molecule has 0 N–H and O–H groups in total. The maximum Gasteiger partial charge on any atom is 0.308 e. The molecule has 1 rings (SSSR count). The number of likely N-dealkylation sites (N-methyl/N-ethyl adjacent to an activating group) is 1. The summed E-state index contributed by atoms with van der Waals surface area (Å²) in [5.74, 6) is -1.19. The molecule has 3 unspecified atom stereocenters. The lowest BCUT2D eigenvalue weighted by molar-refractivity contribution is -0.152. The number of carbonyl (C=O) groups excluding carboxylic acids is 3. The van der Waals surface area contributed by atoms with Crippen LogP contribution < -0.4 is 0 Å². The molecule has 0 aromatic heterocycles. The monoisotopic (exact) mass is 257 g/mol. The summed E-state index contributed by atoms with van der Waals surface area (Å²) in [4.78, 5) is 35.4. The number of nitrogens with zero attached hydrogens (tertiary/aromatic N) is 1. The van der Waals surface area contributed by atoms with Crippen LogP contribution in [0.1, 0.15) is 26.7 Å². The Morgan fingerprint density at radius 3 is 2.22 bits per heavy atom. The molecule has 1 amide bonds. The molecule has 6 nitrogen and oxygen atoms in total. The van der Waals surface area contributed by atoms with Gasteiger partial charge >= 0.3 is 11.9 Å². The Morgan fingerprint density at radius 2 is 1.78 bits per heavy atom. The SMILES string of the molecule is COC(=O)C1CC(OC(C)=O)C(N(C)C(C)=O)C1. The van der Waals surface area contributed by atoms with Crippen molar-refractivity contribution in [2.75, 3.05) is 14.2 Å². The van der Waals surface area contributed by atoms with Gasteiger partial charge in [0.1, 0.15) is 6.10 Å². The highest BCUT2D eigenvalue weighted by molar-refractivity contribution is 5.75. The Kier molecular flexibility index (Phi) is 4.69. The fraction of sp³-hybridized carbons (Fsp3) is 0.750. The van der Waals surface area contributed by atoms with Crippen LogP contribution in [0.2, 0.25) is 0 Å². The summed E-state index contributed by atoms with van der Waals surface area (Å²) in [7, 11) is 2.97. The summed E-state index contributed by atoms with van der Waals surface area (Å²) >= 11 is 0. The van der Waals surface area contributed by atoms with Crippen molar-refractivity contribution in [3.63, 3.8) is 0 Å². The van der Waals surface area contributed by atoms with Crippen molar-refractivity contribution in [1.82, 2.24) is 4.90 Å². The number of carbonyl (C=O) groups is 3. The van der Waals surface area contributed by atoms with Crippen LogP contribution in [-0.2, 0) is 23.9 Å². The van der Waals surface area contributed by atoms with E-state index in [4.69, 9.17) is 9.47 Å². The van der Waals surface area contributed by atoms with Gasteiger partial charge in [-0.3, -0.25) is 14.4 Å². The molecule has 1 aliphatic carbocycles. The van der Waals surface area contributed by atoms with E-state index >= 15 is 0 Å². The Labute approximate surface area is 106 Å². The van der Waals surface area contributed by atoms with E-state index < -0.39 is 12.1 Å². The summed E-state index contributed by atoms with van der Waals surface area (Å²) in [5, 5.41) is 0. The minimum atomic E-state index is -0.444. The van der Waals surface area contributed by atoms with Crippen LogP contribution in [-0.4, -0.2) is 49.0 Å². The first-order valence-electron chi connectivity index (χ1n) is 5.85. The highest BCUT2D eigenvalue weighted by atomic mass is 16.5. The number of ether oxygens (including phenoxy) is 2. The van der Waals surface area contributed by atoms with Crippen molar-refractivity contribution in [3.8, 4) is 0 Å². The van der Waals surface area contributed by atoms with Crippen LogP contribution in [0.4, 0.5) is 0 Å². The minimum absolute atomic E-state index is 0.123. The van der Waals surface area contributed by atoms with Crippen LogP contribution in [0, 0.1) is 5.92 Å². The first-order valence-corrected chi connectivity index (χ1v) is 5.85. The molecule has 6 heteroatoms. The van der Waals surface area contributed by atoms with Crippen LogP contribution in [0.15, 0.2) is 0 Å². The van der Waals surface area contributed by atoms with Crippen LogP contribution in [0.3, 0.4) is 0 Å². The molecular weight excluding hydrogens is 238 g/mol. The van der Waals surface area contributed by atoms with Gasteiger partial charge in [0, 0.05) is 20.9 Å². The molecule has 0 saturated heterocycles. The van der Waals surface area contributed by atoms with Gasteiger partial charge in [-0.2, -0.15) is 0 Å². The molecule has 1 saturated carbocycles. The van der Waals surface area contributed by atoms with Gasteiger partial charge in [0.15, 0.2) is 0 Å². The van der Waals surface area contributed by atoms with E-state index in [1.165, 1.54) is 25.9 Å². The lowest BCUT2D eigenvalue weighted by Gasteiger charge is -2.28. The molecule has 0 spiro atoms. The zero-order valence-corrected chi connectivity index (χ0v) is 11.1. The minimum Gasteiger partial charge on any atom is -0.469 e. The molecule has 0 aromatic rings. The van der Waals surface area contributed by atoms with Gasteiger partial charge in [-0.1, -0.05) is 0 Å². The highest BCUT2D eigenvalue weighted by Gasteiger charge is 2.43. The van der Waals surface area contributed by atoms with E-state index in [1.54, 1.807) is 7.05 Å². The Bertz CT molecular complexity index is 354. The van der Waals surface area contributed by atoms with Gasteiger partial charge in [0.05, 0.1) is 19.1 Å². The van der Waals surface area contributed by atoms with Gasteiger partial charge in [0.25, 0.3) is 0 Å². The molecule has 0 bridgehead atoms. The molecule has 0 aliphatic heterocycles. The smallest absolute Gasteiger partial charge is 0.308 e. The first-order chi connectivity index (χ1) is 8.36. The van der Waals surface area contributed by atoms with Gasteiger partial charge < -0.3 is 14.4 Å². The van der Waals surface area contributed by atoms with Crippen molar-refractivity contribution < 1.29 is 23.9 Å². The Hall–Kier alpha value is -1.59. The summed E-state index contributed by atoms with van der Waals surface area (Å²) in [5.41, 5.74) is 0. The normalized spacial score (nSPS) is 26.6. The maximum absolute atomic E-state index is 11.5. The number of hydrogen-bond acceptors (Lipinski definition) is 5. The predicted molar refractivity (Wildman–Crippen MR) is 62.5 cm³/mol. The van der Waals surface area contributed by atoms with E-state index in [0.717, 1.165) is 0 Å². The highest BCUT2D eigenvalue weighted by Crippen LogP contribution is 2.32. The largest absolute Gasteiger partial charge is 0.469 e. The molecular formula is C12H19NO5. The fourth-order valence-electron chi connectivity index (χ4n) is 2.32. The van der Waals surface area contributed by atoms with E-state index in [1.807, 2.05) is 0 Å². The number of esters is 2. The zero-order valence-electron chi connectivity index (χ0n) is 11.1. The van der Waals surface area contributed by atoms with Crippen LogP contribution >= 0.6 is 0 Å². The number of hydrogen-bond donors (Lipinski definition) is 0. The quantitative estimate of drug-likeness (QED) is 0.682. The summed E-state index contributed by atoms with van der Waals surface area (Å²) in [6.07, 6.45) is 0.412. The zero-order chi connectivity index (χ0) is 13.9. The summed E-state index contributed by atoms with van der Waals surface area (Å²) in [6.45, 7) is 2.76. The lowest BCUT2D eigenvalue weighted by Crippen LogP contribution is -2.42. The van der Waals surface area contributed by atoms with Crippen LogP contribution in [0.5, 0.6) is 0 Å². The van der Waals surface area contributed by atoms with E-state index in [-0.39, 0.29) is 23.8 Å². The average molecular weight is 257 g/mol. The third kappa shape index (κ3) is 3.21. The van der Waals surface area contributed by atoms with Gasteiger partial charge in [0.2, 0.25) is 5.91 Å². The van der Waals surface area contributed by atoms with E-state index in [0.29, 0.717) is 12.8 Å². The second-order valence-electron chi connectivity index (χ2n) is 4.54. The van der Waals surface area contributed by atoms with Gasteiger partial charge in [-0.15, -0.1) is 0 Å². The molecule has 1 aliphatic rings. The summed E-state index contributed by atoms with van der Waals surface area (Å²) < 4.78 is 9.87. The number of amides is 1. The molecule has 0 heterocycles. The van der Waals surface area contributed by atoms with Crippen molar-refractivity contribution in [3.05, 3.63) is 0 Å². The van der Waals surface area contributed by atoms with Crippen LogP contribution in [0.25, 0.3) is 0 Å². The Morgan fingerprint density at radius 1 is 1.17 bits per heavy atom. The second kappa shape index (κ2) is 5.84. The number of rotatable bonds is 3. The van der Waals surface area contributed by atoms with E-state index in [9.17, 15) is 14.4 Å². The van der Waals surface area contributed by atoms with Gasteiger partial charge in [-0.25, -0.2) is 0 Å². The predicted octanol–water partition coefficient (Wildman–Crippen LogP) is 0.348. The Balaban J connectivity index is 2.80. The van der Waals surface area contributed by atoms with Gasteiger partial charge in [-0.05, 0) is 12.8 Å². The van der Waals surface area contributed by atoms with Crippen molar-refractivity contribution in [2.24, 2.45) is 5.92 Å². The van der Waals surface area contributed by atoms with Crippen molar-refractivity contribution >= 4 is 17.8 Å². The molecule has 3 atom stereocenters. The fourth-order valence-corrected chi connectivity index (χ4v) is 2.32. The number of methoxy groups -OCH3 is 1. The summed E-state index contributed by atoms with van der Waals surface area (Å²) in [6, 6.07) is -0.268. The third-order valence-electron chi connectivity index (χ3n) is 3.32. The lowest BCUT2D eigenvalue weighted by atomic mass is 10.1. The van der Waals surface area contributed by atoms with Crippen molar-refractivity contribution in [1.29, 1.82) is 0 Å². The maximum atomic E-state index is 11.5. The standard InChI is InChI=1S/C12H19NO5/c1-7(14)13(3)10-5-9(12(16)17-4)6-11(10)18-8(2)15/h9-11H,5-6H2,1-4H3. The molecule has 1 fully saturated rings. The van der Waals surface area contributed by atoms with E-state index in [2.05, 4.69) is 0 Å².